The van der Waals surface area contributed by atoms with Crippen LogP contribution < -0.4 is 0 Å². The van der Waals surface area contributed by atoms with Crippen molar-refractivity contribution >= 4 is 43.5 Å². The average molecular weight is 408 g/mol. The van der Waals surface area contributed by atoms with Crippen molar-refractivity contribution in [2.24, 2.45) is 0 Å². The van der Waals surface area contributed by atoms with Crippen LogP contribution in [0.2, 0.25) is 5.02 Å². The standard InChI is InChI=1S/C14H10Br2ClFO/c1-7-8(3-2-4-10(7)15)14(19)9-5-6-11(16)12(17)13(9)18/h2-6,14,19H,1H3. The van der Waals surface area contributed by atoms with Gasteiger partial charge in [-0.05, 0) is 46.1 Å². The minimum atomic E-state index is -1.05. The first-order valence-corrected chi connectivity index (χ1v) is 7.46. The lowest BCUT2D eigenvalue weighted by molar-refractivity contribution is 0.214. The summed E-state index contributed by atoms with van der Waals surface area (Å²) in [6, 6.07) is 8.58. The molecule has 1 atom stereocenters. The highest BCUT2D eigenvalue weighted by atomic mass is 79.9. The van der Waals surface area contributed by atoms with Gasteiger partial charge in [0.2, 0.25) is 0 Å². The van der Waals surface area contributed by atoms with Crippen LogP contribution in [-0.2, 0) is 0 Å². The molecule has 19 heavy (non-hydrogen) atoms. The first-order valence-electron chi connectivity index (χ1n) is 5.50. The predicted octanol–water partition coefficient (Wildman–Crippen LogP) is 5.39. The van der Waals surface area contributed by atoms with E-state index >= 15 is 0 Å². The molecule has 0 aliphatic heterocycles. The second-order valence-electron chi connectivity index (χ2n) is 4.12. The van der Waals surface area contributed by atoms with Crippen molar-refractivity contribution in [2.45, 2.75) is 13.0 Å². The van der Waals surface area contributed by atoms with Crippen molar-refractivity contribution in [3.63, 3.8) is 0 Å². The van der Waals surface area contributed by atoms with Gasteiger partial charge in [0, 0.05) is 14.5 Å². The van der Waals surface area contributed by atoms with Crippen molar-refractivity contribution in [1.82, 2.24) is 0 Å². The van der Waals surface area contributed by atoms with Crippen molar-refractivity contribution in [3.05, 3.63) is 66.8 Å². The van der Waals surface area contributed by atoms with Crippen LogP contribution in [0.25, 0.3) is 0 Å². The molecule has 0 radical (unpaired) electrons. The molecule has 1 N–H and O–H groups in total. The second-order valence-corrected chi connectivity index (χ2v) is 6.21. The maximum atomic E-state index is 14.1. The van der Waals surface area contributed by atoms with Crippen LogP contribution in [0.5, 0.6) is 0 Å². The summed E-state index contributed by atoms with van der Waals surface area (Å²) in [6.07, 6.45) is -1.05. The Labute approximate surface area is 132 Å². The Balaban J connectivity index is 2.53. The van der Waals surface area contributed by atoms with E-state index in [0.717, 1.165) is 10.0 Å². The van der Waals surface area contributed by atoms with Crippen molar-refractivity contribution in [1.29, 1.82) is 0 Å². The fraction of sp³-hybridized carbons (Fsp3) is 0.143. The quantitative estimate of drug-likeness (QED) is 0.660. The number of halogens is 4. The van der Waals surface area contributed by atoms with Gasteiger partial charge in [-0.15, -0.1) is 0 Å². The summed E-state index contributed by atoms with van der Waals surface area (Å²) in [5.41, 5.74) is 1.68. The van der Waals surface area contributed by atoms with Crippen molar-refractivity contribution in [2.75, 3.05) is 0 Å². The number of aliphatic hydroxyl groups is 1. The summed E-state index contributed by atoms with van der Waals surface area (Å²) >= 11 is 12.4. The minimum absolute atomic E-state index is 0.0239. The second kappa shape index (κ2) is 5.92. The Bertz CT molecular complexity index is 631. The molecule has 0 saturated carbocycles. The molecule has 0 bridgehead atoms. The van der Waals surface area contributed by atoms with Crippen LogP contribution in [0.3, 0.4) is 0 Å². The highest BCUT2D eigenvalue weighted by Crippen LogP contribution is 2.34. The molecule has 5 heteroatoms. The number of aliphatic hydroxyl groups excluding tert-OH is 1. The van der Waals surface area contributed by atoms with E-state index in [-0.39, 0.29) is 10.6 Å². The monoisotopic (exact) mass is 406 g/mol. The van der Waals surface area contributed by atoms with Gasteiger partial charge in [0.1, 0.15) is 11.9 Å². The molecular weight excluding hydrogens is 398 g/mol. The van der Waals surface area contributed by atoms with E-state index in [1.807, 2.05) is 13.0 Å². The number of hydrogen-bond acceptors (Lipinski definition) is 1. The molecule has 0 amide bonds. The van der Waals surface area contributed by atoms with E-state index in [1.54, 1.807) is 18.2 Å². The van der Waals surface area contributed by atoms with Crippen LogP contribution >= 0.6 is 43.5 Å². The van der Waals surface area contributed by atoms with E-state index < -0.39 is 11.9 Å². The number of benzene rings is 2. The van der Waals surface area contributed by atoms with E-state index in [1.165, 1.54) is 6.07 Å². The molecular formula is C14H10Br2ClFO. The highest BCUT2D eigenvalue weighted by molar-refractivity contribution is 9.10. The van der Waals surface area contributed by atoms with Gasteiger partial charge in [0.05, 0.1) is 5.02 Å². The van der Waals surface area contributed by atoms with Crippen LogP contribution in [0.1, 0.15) is 22.8 Å². The SMILES string of the molecule is Cc1c(Br)cccc1C(O)c1ccc(Br)c(Cl)c1F. The zero-order valence-electron chi connectivity index (χ0n) is 9.92. The topological polar surface area (TPSA) is 20.2 Å². The lowest BCUT2D eigenvalue weighted by atomic mass is 9.97. The molecule has 0 aliphatic rings. The Kier molecular flexibility index (Phi) is 4.66. The van der Waals surface area contributed by atoms with Gasteiger partial charge in [-0.25, -0.2) is 4.39 Å². The molecule has 0 aromatic heterocycles. The largest absolute Gasteiger partial charge is 0.384 e. The number of hydrogen-bond donors (Lipinski definition) is 1. The molecule has 100 valence electrons. The average Bonchev–Trinajstić information content (AvgIpc) is 2.39. The van der Waals surface area contributed by atoms with Gasteiger partial charge in [-0.2, -0.15) is 0 Å². The molecule has 0 spiro atoms. The normalized spacial score (nSPS) is 12.5. The van der Waals surface area contributed by atoms with E-state index in [4.69, 9.17) is 11.6 Å². The summed E-state index contributed by atoms with van der Waals surface area (Å²) in [6.45, 7) is 1.86. The fourth-order valence-electron chi connectivity index (χ4n) is 1.84. The fourth-order valence-corrected chi connectivity index (χ4v) is 2.70. The first kappa shape index (κ1) is 15.0. The first-order chi connectivity index (χ1) is 8.93. The predicted molar refractivity (Wildman–Crippen MR) is 82.1 cm³/mol. The van der Waals surface area contributed by atoms with Gasteiger partial charge < -0.3 is 5.11 Å². The highest BCUT2D eigenvalue weighted by Gasteiger charge is 2.20. The van der Waals surface area contributed by atoms with Gasteiger partial charge in [-0.1, -0.05) is 45.7 Å². The number of rotatable bonds is 2. The Morgan fingerprint density at radius 2 is 1.79 bits per heavy atom. The molecule has 0 saturated heterocycles. The lowest BCUT2D eigenvalue weighted by Crippen LogP contribution is -2.05. The maximum absolute atomic E-state index is 14.1. The summed E-state index contributed by atoms with van der Waals surface area (Å²) < 4.78 is 15.4. The summed E-state index contributed by atoms with van der Waals surface area (Å²) in [5.74, 6) is -0.608. The van der Waals surface area contributed by atoms with Crippen molar-refractivity contribution < 1.29 is 9.50 Å². The molecule has 2 rings (SSSR count). The molecule has 1 unspecified atom stereocenters. The van der Waals surface area contributed by atoms with Crippen LogP contribution in [-0.4, -0.2) is 5.11 Å². The maximum Gasteiger partial charge on any atom is 0.149 e. The molecule has 2 aromatic rings. The molecule has 1 nitrogen and oxygen atoms in total. The van der Waals surface area contributed by atoms with E-state index in [2.05, 4.69) is 31.9 Å². The minimum Gasteiger partial charge on any atom is -0.384 e. The Morgan fingerprint density at radius 1 is 1.11 bits per heavy atom. The van der Waals surface area contributed by atoms with E-state index in [0.29, 0.717) is 10.0 Å². The molecule has 0 aliphatic carbocycles. The van der Waals surface area contributed by atoms with Crippen LogP contribution in [0.15, 0.2) is 39.3 Å². The summed E-state index contributed by atoms with van der Waals surface area (Å²) in [7, 11) is 0. The molecule has 0 heterocycles. The van der Waals surface area contributed by atoms with Gasteiger partial charge in [0.25, 0.3) is 0 Å². The smallest absolute Gasteiger partial charge is 0.149 e. The van der Waals surface area contributed by atoms with Gasteiger partial charge >= 0.3 is 0 Å². The van der Waals surface area contributed by atoms with Crippen molar-refractivity contribution in [3.8, 4) is 0 Å². The molecule has 0 fully saturated rings. The molecule has 2 aromatic carbocycles. The van der Waals surface area contributed by atoms with E-state index in [9.17, 15) is 9.50 Å². The lowest BCUT2D eigenvalue weighted by Gasteiger charge is -2.16. The van der Waals surface area contributed by atoms with Gasteiger partial charge in [0.15, 0.2) is 0 Å². The third-order valence-corrected chi connectivity index (χ3v) is 5.08. The third kappa shape index (κ3) is 2.87. The zero-order chi connectivity index (χ0) is 14.2. The van der Waals surface area contributed by atoms with Crippen LogP contribution in [0, 0.1) is 12.7 Å². The summed E-state index contributed by atoms with van der Waals surface area (Å²) in [4.78, 5) is 0. The van der Waals surface area contributed by atoms with Crippen LogP contribution in [0.4, 0.5) is 4.39 Å². The summed E-state index contributed by atoms with van der Waals surface area (Å²) in [5, 5.41) is 10.3. The van der Waals surface area contributed by atoms with Gasteiger partial charge in [-0.3, -0.25) is 0 Å². The zero-order valence-corrected chi connectivity index (χ0v) is 13.9. The third-order valence-electron chi connectivity index (χ3n) is 2.96. The Hall–Kier alpha value is -0.420. The Morgan fingerprint density at radius 3 is 2.47 bits per heavy atom.